The molecule has 0 radical (unpaired) electrons. The first-order chi connectivity index (χ1) is 24.9. The summed E-state index contributed by atoms with van der Waals surface area (Å²) in [7, 11) is -8.92. The standard InChI is InChI=1S/2C22H32O3S.Ca/c2*1-3-5-7-9-11-18-13-15-20-21(17-18)19(12-10-8-6-4-2)14-16-22(20)26(23,24)25;/h2*13-17H,3-12H2,1-2H3,(H,23,24,25);/q;;+2/p-2. The third-order valence-electron chi connectivity index (χ3n) is 10.0. The summed E-state index contributed by atoms with van der Waals surface area (Å²) in [5.41, 5.74) is 4.76. The number of unbranched alkanes of at least 4 members (excludes halogenated alkanes) is 12. The number of hydrogen-bond acceptors (Lipinski definition) is 6. The van der Waals surface area contributed by atoms with Crippen LogP contribution in [0.5, 0.6) is 0 Å². The van der Waals surface area contributed by atoms with Gasteiger partial charge >= 0.3 is 37.7 Å². The Bertz CT molecular complexity index is 1770. The molecule has 0 bridgehead atoms. The molecule has 0 saturated carbocycles. The minimum atomic E-state index is -4.46. The maximum absolute atomic E-state index is 11.6. The molecule has 4 aromatic carbocycles. The predicted octanol–water partition coefficient (Wildman–Crippen LogP) is 11.6. The maximum atomic E-state index is 11.6. The molecule has 0 aliphatic rings. The van der Waals surface area contributed by atoms with Crippen molar-refractivity contribution in [2.45, 2.75) is 166 Å². The fourth-order valence-electron chi connectivity index (χ4n) is 7.03. The zero-order chi connectivity index (χ0) is 38.0. The number of aryl methyl sites for hydroxylation is 4. The van der Waals surface area contributed by atoms with Crippen molar-refractivity contribution in [1.29, 1.82) is 0 Å². The molecule has 4 aromatic rings. The summed E-state index contributed by atoms with van der Waals surface area (Å²) in [6, 6.07) is 18.4. The van der Waals surface area contributed by atoms with Gasteiger partial charge in [-0.05, 0) is 107 Å². The van der Waals surface area contributed by atoms with Gasteiger partial charge in [0.05, 0.1) is 9.79 Å². The minimum absolute atomic E-state index is 0. The molecular weight excluding hydrogens is 729 g/mol. The van der Waals surface area contributed by atoms with E-state index in [1.54, 1.807) is 0 Å². The molecule has 0 spiro atoms. The zero-order valence-electron chi connectivity index (χ0n) is 32.9. The fraction of sp³-hybridized carbons (Fsp3) is 0.545. The van der Waals surface area contributed by atoms with E-state index in [2.05, 4.69) is 39.8 Å². The van der Waals surface area contributed by atoms with Gasteiger partial charge in [0.2, 0.25) is 0 Å². The van der Waals surface area contributed by atoms with Crippen LogP contribution in [0.4, 0.5) is 0 Å². The molecule has 0 aromatic heterocycles. The van der Waals surface area contributed by atoms with E-state index >= 15 is 0 Å². The molecule has 4 rings (SSSR count). The van der Waals surface area contributed by atoms with Crippen molar-refractivity contribution in [2.75, 3.05) is 0 Å². The molecule has 9 heteroatoms. The Labute approximate surface area is 351 Å². The summed E-state index contributed by atoms with van der Waals surface area (Å²) in [5.74, 6) is 0. The molecular formula is C44H62CaO6S2. The molecule has 0 fully saturated rings. The van der Waals surface area contributed by atoms with Crippen LogP contribution in [0, 0.1) is 0 Å². The van der Waals surface area contributed by atoms with Crippen LogP contribution in [0.15, 0.2) is 70.5 Å². The Morgan fingerprint density at radius 2 is 0.717 bits per heavy atom. The van der Waals surface area contributed by atoms with Crippen LogP contribution in [-0.2, 0) is 45.9 Å². The van der Waals surface area contributed by atoms with Crippen molar-refractivity contribution in [2.24, 2.45) is 0 Å². The second-order valence-electron chi connectivity index (χ2n) is 14.4. The SMILES string of the molecule is CCCCCCc1ccc2c(S(=O)(=O)[O-])ccc(CCCCCC)c2c1.CCCCCCc1ccc2c(S(=O)(=O)[O-])ccc(CCCCCC)c2c1.[Ca+2]. The number of hydrogen-bond donors (Lipinski definition) is 0. The van der Waals surface area contributed by atoms with E-state index in [-0.39, 0.29) is 47.5 Å². The van der Waals surface area contributed by atoms with Crippen LogP contribution in [0.25, 0.3) is 21.5 Å². The van der Waals surface area contributed by atoms with E-state index in [0.29, 0.717) is 10.8 Å². The Kier molecular flexibility index (Phi) is 22.4. The molecule has 0 saturated heterocycles. The Morgan fingerprint density at radius 3 is 1.02 bits per heavy atom. The van der Waals surface area contributed by atoms with Gasteiger partial charge < -0.3 is 9.11 Å². The summed E-state index contributed by atoms with van der Waals surface area (Å²) in [5, 5.41) is 3.02. The van der Waals surface area contributed by atoms with Gasteiger partial charge in [-0.1, -0.05) is 153 Å². The van der Waals surface area contributed by atoms with Crippen LogP contribution in [0.2, 0.25) is 0 Å². The van der Waals surface area contributed by atoms with Gasteiger partial charge in [0, 0.05) is 0 Å². The molecule has 0 aliphatic carbocycles. The van der Waals surface area contributed by atoms with Crippen molar-refractivity contribution in [1.82, 2.24) is 0 Å². The van der Waals surface area contributed by atoms with Gasteiger partial charge in [-0.2, -0.15) is 0 Å². The summed E-state index contributed by atoms with van der Waals surface area (Å²) in [6.07, 6.45) is 22.8. The summed E-state index contributed by atoms with van der Waals surface area (Å²) >= 11 is 0. The first-order valence-electron chi connectivity index (χ1n) is 19.9. The van der Waals surface area contributed by atoms with Gasteiger partial charge in [-0.3, -0.25) is 0 Å². The minimum Gasteiger partial charge on any atom is -0.744 e. The summed E-state index contributed by atoms with van der Waals surface area (Å²) < 4.78 is 69.8. The number of rotatable bonds is 22. The van der Waals surface area contributed by atoms with Gasteiger partial charge in [-0.15, -0.1) is 0 Å². The molecule has 0 amide bonds. The number of fused-ring (bicyclic) bond motifs is 2. The van der Waals surface area contributed by atoms with Crippen molar-refractivity contribution in [3.63, 3.8) is 0 Å². The third kappa shape index (κ3) is 15.9. The zero-order valence-corrected chi connectivity index (χ0v) is 36.7. The quantitative estimate of drug-likeness (QED) is 0.0445. The van der Waals surface area contributed by atoms with Crippen molar-refractivity contribution in [3.05, 3.63) is 82.9 Å². The van der Waals surface area contributed by atoms with E-state index in [9.17, 15) is 25.9 Å². The molecule has 0 heterocycles. The molecule has 0 unspecified atom stereocenters. The Balaban J connectivity index is 0.000000360. The average Bonchev–Trinajstić information content (AvgIpc) is 3.11. The van der Waals surface area contributed by atoms with Crippen LogP contribution in [0.1, 0.15) is 153 Å². The third-order valence-corrected chi connectivity index (χ3v) is 11.8. The van der Waals surface area contributed by atoms with Crippen LogP contribution in [-0.4, -0.2) is 63.7 Å². The molecule has 6 nitrogen and oxygen atoms in total. The van der Waals surface area contributed by atoms with E-state index in [1.807, 2.05) is 36.4 Å². The van der Waals surface area contributed by atoms with Crippen molar-refractivity contribution < 1.29 is 25.9 Å². The van der Waals surface area contributed by atoms with E-state index in [0.717, 1.165) is 73.3 Å². The largest absolute Gasteiger partial charge is 2.00 e. The average molecular weight is 791 g/mol. The second-order valence-corrected chi connectivity index (χ2v) is 17.1. The van der Waals surface area contributed by atoms with Crippen LogP contribution in [0.3, 0.4) is 0 Å². The van der Waals surface area contributed by atoms with Crippen LogP contribution < -0.4 is 0 Å². The Morgan fingerprint density at radius 1 is 0.396 bits per heavy atom. The molecule has 288 valence electrons. The first-order valence-corrected chi connectivity index (χ1v) is 22.8. The van der Waals surface area contributed by atoms with Crippen LogP contribution >= 0.6 is 0 Å². The predicted molar refractivity (Wildman–Crippen MR) is 221 cm³/mol. The molecule has 53 heavy (non-hydrogen) atoms. The topological polar surface area (TPSA) is 114 Å². The molecule has 0 atom stereocenters. The second kappa shape index (κ2) is 24.9. The maximum Gasteiger partial charge on any atom is 2.00 e. The van der Waals surface area contributed by atoms with Crippen molar-refractivity contribution in [3.8, 4) is 0 Å². The van der Waals surface area contributed by atoms with E-state index in [1.165, 1.54) is 100 Å². The van der Waals surface area contributed by atoms with Gasteiger partial charge in [-0.25, -0.2) is 16.8 Å². The Hall–Kier alpha value is -1.52. The van der Waals surface area contributed by atoms with Gasteiger partial charge in [0.15, 0.2) is 0 Å². The summed E-state index contributed by atoms with van der Waals surface area (Å²) in [6.45, 7) is 8.78. The van der Waals surface area contributed by atoms with Gasteiger partial charge in [0.1, 0.15) is 20.2 Å². The fourth-order valence-corrected chi connectivity index (χ4v) is 8.40. The van der Waals surface area contributed by atoms with Gasteiger partial charge in [0.25, 0.3) is 0 Å². The van der Waals surface area contributed by atoms with E-state index in [4.69, 9.17) is 0 Å². The van der Waals surface area contributed by atoms with Crippen molar-refractivity contribution >= 4 is 79.5 Å². The van der Waals surface area contributed by atoms with E-state index < -0.39 is 20.2 Å². The monoisotopic (exact) mass is 790 g/mol. The molecule has 0 N–H and O–H groups in total. The molecule has 0 aliphatic heterocycles. The first kappa shape index (κ1) is 47.6. The summed E-state index contributed by atoms with van der Waals surface area (Å²) in [4.78, 5) is -0.190. The normalized spacial score (nSPS) is 11.7. The smallest absolute Gasteiger partial charge is 0.744 e. The number of benzene rings is 4.